The minimum absolute atomic E-state index is 0.0106. The highest BCUT2D eigenvalue weighted by atomic mass is 16.2. The van der Waals surface area contributed by atoms with E-state index in [2.05, 4.69) is 4.90 Å². The number of fused-ring (bicyclic) bond motifs is 1. The lowest BCUT2D eigenvalue weighted by atomic mass is 10.2. The molecule has 1 unspecified atom stereocenters. The van der Waals surface area contributed by atoms with E-state index >= 15 is 0 Å². The van der Waals surface area contributed by atoms with Crippen LogP contribution in [0.4, 0.5) is 5.69 Å². The molecule has 6 heteroatoms. The van der Waals surface area contributed by atoms with Crippen molar-refractivity contribution < 1.29 is 4.79 Å². The Morgan fingerprint density at radius 1 is 1.24 bits per heavy atom. The van der Waals surface area contributed by atoms with Crippen molar-refractivity contribution in [1.29, 1.82) is 0 Å². The number of carbonyl (C=O) groups excluding carboxylic acids is 1. The summed E-state index contributed by atoms with van der Waals surface area (Å²) >= 11 is 0. The molecule has 0 saturated carbocycles. The zero-order valence-corrected chi connectivity index (χ0v) is 12.2. The van der Waals surface area contributed by atoms with Gasteiger partial charge in [0.05, 0.1) is 0 Å². The number of nitrogen functional groups attached to an aromatic ring is 1. The molecule has 21 heavy (non-hydrogen) atoms. The molecule has 2 aliphatic rings. The van der Waals surface area contributed by atoms with Gasteiger partial charge in [-0.15, -0.1) is 0 Å². The van der Waals surface area contributed by atoms with E-state index < -0.39 is 0 Å². The zero-order valence-electron chi connectivity index (χ0n) is 12.2. The van der Waals surface area contributed by atoms with Crippen LogP contribution < -0.4 is 11.3 Å². The second-order valence-electron chi connectivity index (χ2n) is 5.95. The molecule has 0 spiro atoms. The fourth-order valence-electron chi connectivity index (χ4n) is 3.35. The summed E-state index contributed by atoms with van der Waals surface area (Å²) in [6.07, 6.45) is 4.94. The van der Waals surface area contributed by atoms with Crippen LogP contribution in [0.15, 0.2) is 23.1 Å². The molecule has 0 aromatic carbocycles. The van der Waals surface area contributed by atoms with E-state index in [-0.39, 0.29) is 18.0 Å². The van der Waals surface area contributed by atoms with Gasteiger partial charge in [-0.25, -0.2) is 0 Å². The highest BCUT2D eigenvalue weighted by Gasteiger charge is 2.30. The van der Waals surface area contributed by atoms with Gasteiger partial charge in [-0.05, 0) is 31.9 Å². The van der Waals surface area contributed by atoms with Gasteiger partial charge in [0.1, 0.15) is 6.54 Å². The van der Waals surface area contributed by atoms with Gasteiger partial charge in [0, 0.05) is 43.6 Å². The third kappa shape index (κ3) is 3.10. The summed E-state index contributed by atoms with van der Waals surface area (Å²) in [6, 6.07) is 3.46. The minimum Gasteiger partial charge on any atom is -0.398 e. The van der Waals surface area contributed by atoms with Crippen LogP contribution in [0.1, 0.15) is 19.3 Å². The number of amides is 1. The Morgan fingerprint density at radius 2 is 2.05 bits per heavy atom. The Balaban J connectivity index is 1.69. The van der Waals surface area contributed by atoms with Crippen molar-refractivity contribution in [3.63, 3.8) is 0 Å². The van der Waals surface area contributed by atoms with Crippen LogP contribution in [0.2, 0.25) is 0 Å². The molecule has 2 aliphatic heterocycles. The van der Waals surface area contributed by atoms with E-state index in [4.69, 9.17) is 5.73 Å². The molecule has 2 fully saturated rings. The van der Waals surface area contributed by atoms with Crippen LogP contribution >= 0.6 is 0 Å². The summed E-state index contributed by atoms with van der Waals surface area (Å²) < 4.78 is 1.40. The summed E-state index contributed by atoms with van der Waals surface area (Å²) in [5.74, 6) is 0.0106. The van der Waals surface area contributed by atoms with Crippen LogP contribution in [0, 0.1) is 0 Å². The Kier molecular flexibility index (Phi) is 3.96. The van der Waals surface area contributed by atoms with E-state index in [0.29, 0.717) is 11.7 Å². The molecule has 0 bridgehead atoms. The predicted molar refractivity (Wildman–Crippen MR) is 80.9 cm³/mol. The van der Waals surface area contributed by atoms with Gasteiger partial charge in [0.25, 0.3) is 5.56 Å². The Morgan fingerprint density at radius 3 is 2.90 bits per heavy atom. The van der Waals surface area contributed by atoms with Crippen molar-refractivity contribution in [2.45, 2.75) is 31.8 Å². The molecule has 3 rings (SSSR count). The summed E-state index contributed by atoms with van der Waals surface area (Å²) in [7, 11) is 0. The van der Waals surface area contributed by atoms with Crippen LogP contribution in [-0.2, 0) is 11.3 Å². The van der Waals surface area contributed by atoms with Crippen LogP contribution in [0.25, 0.3) is 0 Å². The number of nitrogens with zero attached hydrogens (tertiary/aromatic N) is 3. The second kappa shape index (κ2) is 5.89. The monoisotopic (exact) mass is 290 g/mol. The molecule has 2 saturated heterocycles. The van der Waals surface area contributed by atoms with Gasteiger partial charge in [-0.2, -0.15) is 0 Å². The molecule has 0 radical (unpaired) electrons. The predicted octanol–water partition coefficient (Wildman–Crippen LogP) is 0.127. The number of hydrogen-bond acceptors (Lipinski definition) is 4. The molecule has 1 aromatic heterocycles. The third-order valence-corrected chi connectivity index (χ3v) is 4.47. The molecule has 3 heterocycles. The molecular weight excluding hydrogens is 268 g/mol. The van der Waals surface area contributed by atoms with Crippen LogP contribution in [0.3, 0.4) is 0 Å². The Bertz CT molecular complexity index is 583. The lowest BCUT2D eigenvalue weighted by molar-refractivity contribution is -0.132. The highest BCUT2D eigenvalue weighted by molar-refractivity contribution is 5.76. The van der Waals surface area contributed by atoms with Gasteiger partial charge in [0.15, 0.2) is 0 Å². The number of pyridine rings is 1. The second-order valence-corrected chi connectivity index (χ2v) is 5.95. The molecule has 2 N–H and O–H groups in total. The first-order valence-corrected chi connectivity index (χ1v) is 7.61. The average molecular weight is 290 g/mol. The van der Waals surface area contributed by atoms with E-state index in [1.54, 1.807) is 12.3 Å². The van der Waals surface area contributed by atoms with Crippen molar-refractivity contribution >= 4 is 11.6 Å². The average Bonchev–Trinajstić information content (AvgIpc) is 2.80. The normalized spacial score (nSPS) is 22.9. The van der Waals surface area contributed by atoms with Gasteiger partial charge in [-0.1, -0.05) is 0 Å². The largest absolute Gasteiger partial charge is 0.398 e. The highest BCUT2D eigenvalue weighted by Crippen LogP contribution is 2.21. The van der Waals surface area contributed by atoms with Crippen molar-refractivity contribution in [2.75, 3.05) is 31.9 Å². The topological polar surface area (TPSA) is 71.6 Å². The zero-order chi connectivity index (χ0) is 14.8. The first kappa shape index (κ1) is 14.1. The van der Waals surface area contributed by atoms with Gasteiger partial charge < -0.3 is 15.2 Å². The molecule has 1 amide bonds. The summed E-state index contributed by atoms with van der Waals surface area (Å²) in [4.78, 5) is 28.6. The molecular formula is C15H22N4O2. The first-order valence-electron chi connectivity index (χ1n) is 7.61. The summed E-state index contributed by atoms with van der Waals surface area (Å²) in [5, 5.41) is 0. The maximum Gasteiger partial charge on any atom is 0.251 e. The number of rotatable bonds is 2. The van der Waals surface area contributed by atoms with E-state index in [1.807, 2.05) is 4.90 Å². The van der Waals surface area contributed by atoms with Crippen molar-refractivity contribution in [3.05, 3.63) is 28.7 Å². The van der Waals surface area contributed by atoms with Crippen molar-refractivity contribution in [1.82, 2.24) is 14.4 Å². The number of aromatic nitrogens is 1. The van der Waals surface area contributed by atoms with Gasteiger partial charge >= 0.3 is 0 Å². The molecule has 1 atom stereocenters. The van der Waals surface area contributed by atoms with E-state index in [0.717, 1.165) is 32.6 Å². The standard InChI is InChI=1S/C15H22N4O2/c16-12-4-5-14(20)19(9-12)11-15(21)18-8-2-7-17-6-1-3-13(17)10-18/h4-5,9,13H,1-3,6-8,10-11,16H2. The molecule has 0 aliphatic carbocycles. The first-order chi connectivity index (χ1) is 10.1. The van der Waals surface area contributed by atoms with Crippen molar-refractivity contribution in [2.24, 2.45) is 0 Å². The Hall–Kier alpha value is -1.82. The van der Waals surface area contributed by atoms with Crippen molar-refractivity contribution in [3.8, 4) is 0 Å². The molecule has 114 valence electrons. The number of nitrogens with two attached hydrogens (primary N) is 1. The fourth-order valence-corrected chi connectivity index (χ4v) is 3.35. The third-order valence-electron chi connectivity index (χ3n) is 4.47. The minimum atomic E-state index is -0.185. The quantitative estimate of drug-likeness (QED) is 0.840. The molecule has 6 nitrogen and oxygen atoms in total. The van der Waals surface area contributed by atoms with Crippen LogP contribution in [0.5, 0.6) is 0 Å². The maximum absolute atomic E-state index is 12.5. The van der Waals surface area contributed by atoms with Gasteiger partial charge in [0.2, 0.25) is 5.91 Å². The number of carbonyl (C=O) groups is 1. The lowest BCUT2D eigenvalue weighted by Crippen LogP contribution is -2.42. The Labute approximate surface area is 124 Å². The van der Waals surface area contributed by atoms with Gasteiger partial charge in [-0.3, -0.25) is 14.5 Å². The SMILES string of the molecule is Nc1ccc(=O)n(CC(=O)N2CCCN3CCCC3C2)c1. The lowest BCUT2D eigenvalue weighted by Gasteiger charge is -2.26. The smallest absolute Gasteiger partial charge is 0.251 e. The number of hydrogen-bond donors (Lipinski definition) is 1. The van der Waals surface area contributed by atoms with E-state index in [1.165, 1.54) is 23.5 Å². The number of anilines is 1. The van der Waals surface area contributed by atoms with E-state index in [9.17, 15) is 9.59 Å². The summed E-state index contributed by atoms with van der Waals surface area (Å²) in [5.41, 5.74) is 6.00. The molecule has 1 aromatic rings. The summed E-state index contributed by atoms with van der Waals surface area (Å²) in [6.45, 7) is 3.88. The van der Waals surface area contributed by atoms with Crippen LogP contribution in [-0.4, -0.2) is 52.5 Å². The fraction of sp³-hybridized carbons (Fsp3) is 0.600. The maximum atomic E-state index is 12.5.